The number of aryl methyl sites for hydroxylation is 1. The van der Waals surface area contributed by atoms with Gasteiger partial charge >= 0.3 is 5.97 Å². The molecule has 1 heterocycles. The molecule has 1 aliphatic rings. The van der Waals surface area contributed by atoms with Crippen molar-refractivity contribution in [2.24, 2.45) is 0 Å². The second kappa shape index (κ2) is 9.18. The zero-order chi connectivity index (χ0) is 21.9. The van der Waals surface area contributed by atoms with Crippen LogP contribution in [-0.4, -0.2) is 39.2 Å². The van der Waals surface area contributed by atoms with Crippen molar-refractivity contribution in [2.45, 2.75) is 45.6 Å². The highest BCUT2D eigenvalue weighted by atomic mass is 32.2. The van der Waals surface area contributed by atoms with E-state index in [0.717, 1.165) is 46.7 Å². The summed E-state index contributed by atoms with van der Waals surface area (Å²) >= 11 is 1.38. The first-order valence-electron chi connectivity index (χ1n) is 9.91. The number of sulfonamides is 1. The van der Waals surface area contributed by atoms with Gasteiger partial charge in [0.15, 0.2) is 0 Å². The Morgan fingerprint density at radius 3 is 2.50 bits per heavy atom. The van der Waals surface area contributed by atoms with Crippen molar-refractivity contribution in [1.82, 2.24) is 0 Å². The molecule has 1 aromatic carbocycles. The summed E-state index contributed by atoms with van der Waals surface area (Å²) in [5.41, 5.74) is 1.75. The highest BCUT2D eigenvalue weighted by molar-refractivity contribution is 7.92. The molecule has 3 rings (SSSR count). The third-order valence-corrected chi connectivity index (χ3v) is 7.44. The van der Waals surface area contributed by atoms with E-state index in [0.29, 0.717) is 16.3 Å². The van der Waals surface area contributed by atoms with Crippen molar-refractivity contribution < 1.29 is 22.7 Å². The minimum atomic E-state index is -3.71. The van der Waals surface area contributed by atoms with Crippen LogP contribution in [0.3, 0.4) is 0 Å². The maximum Gasteiger partial charge on any atom is 0.341 e. The van der Waals surface area contributed by atoms with Gasteiger partial charge in [-0.15, -0.1) is 11.3 Å². The zero-order valence-electron chi connectivity index (χ0n) is 17.3. The van der Waals surface area contributed by atoms with Gasteiger partial charge in [0.05, 0.1) is 24.1 Å². The van der Waals surface area contributed by atoms with E-state index < -0.39 is 27.9 Å². The largest absolute Gasteiger partial charge is 0.462 e. The SMILES string of the molecule is CCOC(=O)c1c(NC(=O)[C@H](C)N(c2ccccc2)S(C)(=O)=O)sc2c1CCCC2. The Balaban J connectivity index is 1.93. The number of benzene rings is 1. The monoisotopic (exact) mass is 450 g/mol. The maximum absolute atomic E-state index is 13.1. The number of anilines is 2. The smallest absolute Gasteiger partial charge is 0.341 e. The molecular weight excluding hydrogens is 424 g/mol. The predicted molar refractivity (Wildman–Crippen MR) is 119 cm³/mol. The standard InChI is InChI=1S/C21H26N2O5S2/c1-4-28-21(25)18-16-12-8-9-13-17(16)29-20(18)22-19(24)14(2)23(30(3,26)27)15-10-6-5-7-11-15/h5-7,10-11,14H,4,8-9,12-13H2,1-3H3,(H,22,24)/t14-/m0/s1. The van der Waals surface area contributed by atoms with Crippen molar-refractivity contribution in [2.75, 3.05) is 22.5 Å². The first kappa shape index (κ1) is 22.3. The lowest BCUT2D eigenvalue weighted by atomic mass is 9.95. The normalized spacial score (nSPS) is 14.5. The third kappa shape index (κ3) is 4.67. The lowest BCUT2D eigenvalue weighted by Gasteiger charge is -2.28. The van der Waals surface area contributed by atoms with Gasteiger partial charge in [0.1, 0.15) is 11.0 Å². The second-order valence-corrected chi connectivity index (χ2v) is 10.2. The van der Waals surface area contributed by atoms with Gasteiger partial charge in [-0.05, 0) is 57.2 Å². The summed E-state index contributed by atoms with van der Waals surface area (Å²) < 4.78 is 31.1. The Hall–Kier alpha value is -2.39. The van der Waals surface area contributed by atoms with Crippen LogP contribution in [0.25, 0.3) is 0 Å². The number of nitrogens with one attached hydrogen (secondary N) is 1. The number of thiophene rings is 1. The summed E-state index contributed by atoms with van der Waals surface area (Å²) in [7, 11) is -3.71. The lowest BCUT2D eigenvalue weighted by molar-refractivity contribution is -0.116. The summed E-state index contributed by atoms with van der Waals surface area (Å²) in [6.07, 6.45) is 4.71. The van der Waals surface area contributed by atoms with Crippen LogP contribution in [0.1, 0.15) is 47.5 Å². The van der Waals surface area contributed by atoms with Gasteiger partial charge in [-0.2, -0.15) is 0 Å². The summed E-state index contributed by atoms with van der Waals surface area (Å²) in [4.78, 5) is 26.7. The lowest BCUT2D eigenvalue weighted by Crippen LogP contribution is -2.45. The molecule has 1 N–H and O–H groups in total. The summed E-state index contributed by atoms with van der Waals surface area (Å²) in [5, 5.41) is 3.23. The first-order valence-corrected chi connectivity index (χ1v) is 12.6. The highest BCUT2D eigenvalue weighted by Crippen LogP contribution is 2.39. The van der Waals surface area contributed by atoms with Crippen LogP contribution in [0.5, 0.6) is 0 Å². The van der Waals surface area contributed by atoms with Crippen LogP contribution in [0, 0.1) is 0 Å². The molecule has 0 fully saturated rings. The first-order chi connectivity index (χ1) is 14.2. The number of amides is 1. The maximum atomic E-state index is 13.1. The number of para-hydroxylation sites is 1. The van der Waals surface area contributed by atoms with E-state index in [9.17, 15) is 18.0 Å². The van der Waals surface area contributed by atoms with Gasteiger partial charge in [0.2, 0.25) is 15.9 Å². The predicted octanol–water partition coefficient (Wildman–Crippen LogP) is 3.60. The quantitative estimate of drug-likeness (QED) is 0.651. The molecule has 0 aliphatic heterocycles. The second-order valence-electron chi connectivity index (χ2n) is 7.20. The Morgan fingerprint density at radius 2 is 1.87 bits per heavy atom. The number of carbonyl (C=O) groups is 2. The van der Waals surface area contributed by atoms with Crippen molar-refractivity contribution in [1.29, 1.82) is 0 Å². The average Bonchev–Trinajstić information content (AvgIpc) is 3.05. The molecule has 0 saturated carbocycles. The van der Waals surface area contributed by atoms with Crippen LogP contribution in [0.2, 0.25) is 0 Å². The number of hydrogen-bond acceptors (Lipinski definition) is 6. The Morgan fingerprint density at radius 1 is 1.20 bits per heavy atom. The Bertz CT molecular complexity index is 1030. The molecule has 1 aliphatic carbocycles. The molecule has 0 spiro atoms. The number of rotatable bonds is 7. The van der Waals surface area contributed by atoms with E-state index in [1.165, 1.54) is 18.3 Å². The Labute approximate surface area is 181 Å². The topological polar surface area (TPSA) is 92.8 Å². The molecule has 1 atom stereocenters. The number of nitrogens with zero attached hydrogens (tertiary/aromatic N) is 1. The minimum Gasteiger partial charge on any atom is -0.462 e. The zero-order valence-corrected chi connectivity index (χ0v) is 18.9. The fraction of sp³-hybridized carbons (Fsp3) is 0.429. The van der Waals surface area contributed by atoms with Crippen LogP contribution in [-0.2, 0) is 32.4 Å². The molecule has 0 bridgehead atoms. The van der Waals surface area contributed by atoms with Gasteiger partial charge in [0, 0.05) is 4.88 Å². The Kier molecular flexibility index (Phi) is 6.82. The van der Waals surface area contributed by atoms with Gasteiger partial charge in [-0.3, -0.25) is 9.10 Å². The molecule has 1 aromatic heterocycles. The number of carbonyl (C=O) groups excluding carboxylic acids is 2. The summed E-state index contributed by atoms with van der Waals surface area (Å²) in [6, 6.07) is 7.47. The number of ether oxygens (including phenoxy) is 1. The fourth-order valence-electron chi connectivity index (χ4n) is 3.67. The van der Waals surface area contributed by atoms with Gasteiger partial charge in [-0.1, -0.05) is 18.2 Å². The molecule has 9 heteroatoms. The van der Waals surface area contributed by atoms with Gasteiger partial charge in [-0.25, -0.2) is 13.2 Å². The van der Waals surface area contributed by atoms with Crippen LogP contribution < -0.4 is 9.62 Å². The van der Waals surface area contributed by atoms with Crippen LogP contribution in [0.4, 0.5) is 10.7 Å². The molecule has 2 aromatic rings. The molecule has 0 radical (unpaired) electrons. The van der Waals surface area contributed by atoms with Crippen molar-refractivity contribution in [3.8, 4) is 0 Å². The van der Waals surface area contributed by atoms with E-state index in [1.807, 2.05) is 0 Å². The van der Waals surface area contributed by atoms with Crippen LogP contribution in [0.15, 0.2) is 30.3 Å². The molecule has 0 unspecified atom stereocenters. The van der Waals surface area contributed by atoms with Crippen molar-refractivity contribution >= 4 is 43.9 Å². The average molecular weight is 451 g/mol. The third-order valence-electron chi connectivity index (χ3n) is 4.99. The van der Waals surface area contributed by atoms with E-state index in [-0.39, 0.29) is 6.61 Å². The van der Waals surface area contributed by atoms with E-state index in [4.69, 9.17) is 4.74 Å². The summed E-state index contributed by atoms with van der Waals surface area (Å²) in [5.74, 6) is -0.962. The van der Waals surface area contributed by atoms with E-state index in [2.05, 4.69) is 5.32 Å². The molecular formula is C21H26N2O5S2. The molecule has 162 valence electrons. The molecule has 0 saturated heterocycles. The van der Waals surface area contributed by atoms with Crippen molar-refractivity contribution in [3.63, 3.8) is 0 Å². The fourth-order valence-corrected chi connectivity index (χ4v) is 6.13. The molecule has 7 nitrogen and oxygen atoms in total. The number of hydrogen-bond donors (Lipinski definition) is 1. The molecule has 30 heavy (non-hydrogen) atoms. The number of fused-ring (bicyclic) bond motifs is 1. The highest BCUT2D eigenvalue weighted by Gasteiger charge is 2.32. The minimum absolute atomic E-state index is 0.239. The number of esters is 1. The van der Waals surface area contributed by atoms with Gasteiger partial charge < -0.3 is 10.1 Å². The van der Waals surface area contributed by atoms with Crippen LogP contribution >= 0.6 is 11.3 Å². The van der Waals surface area contributed by atoms with E-state index in [1.54, 1.807) is 37.3 Å². The summed E-state index contributed by atoms with van der Waals surface area (Å²) in [6.45, 7) is 3.50. The van der Waals surface area contributed by atoms with Crippen molar-refractivity contribution in [3.05, 3.63) is 46.3 Å². The van der Waals surface area contributed by atoms with E-state index >= 15 is 0 Å². The van der Waals surface area contributed by atoms with Gasteiger partial charge in [0.25, 0.3) is 0 Å². The molecule has 1 amide bonds.